The highest BCUT2D eigenvalue weighted by Gasteiger charge is 2.38. The van der Waals surface area contributed by atoms with E-state index >= 15 is 0 Å². The van der Waals surface area contributed by atoms with Crippen LogP contribution in [0.25, 0.3) is 10.4 Å². The van der Waals surface area contributed by atoms with E-state index in [4.69, 9.17) is 5.53 Å². The van der Waals surface area contributed by atoms with Crippen molar-refractivity contribution in [3.05, 3.63) is 98.7 Å². The van der Waals surface area contributed by atoms with Gasteiger partial charge in [0.05, 0.1) is 18.7 Å². The second kappa shape index (κ2) is 12.1. The topological polar surface area (TPSA) is 128 Å². The van der Waals surface area contributed by atoms with Crippen molar-refractivity contribution in [2.75, 3.05) is 19.6 Å². The van der Waals surface area contributed by atoms with Gasteiger partial charge in [-0.15, -0.1) is 0 Å². The number of carbonyl (C=O) groups is 1. The lowest BCUT2D eigenvalue weighted by molar-refractivity contribution is -0.141. The second-order valence-corrected chi connectivity index (χ2v) is 9.86. The first-order valence-corrected chi connectivity index (χ1v) is 12.7. The normalized spacial score (nSPS) is 15.7. The molecule has 216 valence electrons. The molecule has 41 heavy (non-hydrogen) atoms. The van der Waals surface area contributed by atoms with E-state index in [1.807, 2.05) is 0 Å². The number of amides is 1. The predicted octanol–water partition coefficient (Wildman–Crippen LogP) is 5.17. The second-order valence-electron chi connectivity index (χ2n) is 9.86. The summed E-state index contributed by atoms with van der Waals surface area (Å²) < 4.78 is 67.8. The smallest absolute Gasteiger partial charge is 0.384 e. The number of likely N-dealkylation sites (tertiary alicyclic amines) is 1. The zero-order valence-corrected chi connectivity index (χ0v) is 21.9. The van der Waals surface area contributed by atoms with Crippen molar-refractivity contribution in [2.45, 2.75) is 50.3 Å². The number of nitrogens with zero attached hydrogens (tertiary/aromatic N) is 7. The Morgan fingerprint density at radius 3 is 2.41 bits per heavy atom. The Labute approximate surface area is 231 Å². The molecule has 4 rings (SSSR count). The number of aryl methyl sites for hydroxylation is 1. The molecule has 0 aliphatic carbocycles. The van der Waals surface area contributed by atoms with E-state index in [0.29, 0.717) is 24.4 Å². The van der Waals surface area contributed by atoms with Crippen LogP contribution in [0.15, 0.2) is 47.7 Å². The molecule has 0 saturated carbocycles. The molecule has 0 radical (unpaired) electrons. The summed E-state index contributed by atoms with van der Waals surface area (Å²) in [6, 6.07) is 6.70. The van der Waals surface area contributed by atoms with Gasteiger partial charge in [-0.1, -0.05) is 17.2 Å². The van der Waals surface area contributed by atoms with Crippen molar-refractivity contribution in [1.29, 1.82) is 0 Å². The van der Waals surface area contributed by atoms with Crippen LogP contribution in [0.2, 0.25) is 0 Å². The van der Waals surface area contributed by atoms with E-state index in [2.05, 4.69) is 25.0 Å². The first-order chi connectivity index (χ1) is 19.4. The minimum Gasteiger partial charge on any atom is -0.384 e. The quantitative estimate of drug-likeness (QED) is 0.172. The zero-order chi connectivity index (χ0) is 29.8. The van der Waals surface area contributed by atoms with E-state index in [1.54, 1.807) is 6.92 Å². The monoisotopic (exact) mass is 575 g/mol. The van der Waals surface area contributed by atoms with Crippen molar-refractivity contribution in [2.24, 2.45) is 5.11 Å². The van der Waals surface area contributed by atoms with E-state index in [1.165, 1.54) is 29.3 Å². The molecule has 1 atom stereocenters. The molecule has 3 aromatic rings. The Morgan fingerprint density at radius 2 is 1.78 bits per heavy atom. The third kappa shape index (κ3) is 6.95. The fourth-order valence-corrected chi connectivity index (χ4v) is 4.94. The Hall–Kier alpha value is -4.16. The van der Waals surface area contributed by atoms with Crippen LogP contribution < -0.4 is 0 Å². The fourth-order valence-electron chi connectivity index (χ4n) is 4.94. The number of hydrogen-bond acceptors (Lipinski definition) is 6. The number of benzene rings is 1. The van der Waals surface area contributed by atoms with Crippen LogP contribution in [0, 0.1) is 18.6 Å². The third-order valence-corrected chi connectivity index (χ3v) is 7.03. The van der Waals surface area contributed by atoms with Gasteiger partial charge in [0.15, 0.2) is 0 Å². The molecule has 1 unspecified atom stereocenters. The van der Waals surface area contributed by atoms with Crippen LogP contribution in [0.3, 0.4) is 0 Å². The van der Waals surface area contributed by atoms with E-state index in [0.717, 1.165) is 18.2 Å². The molecule has 1 aromatic carbocycles. The van der Waals surface area contributed by atoms with Gasteiger partial charge in [-0.2, -0.15) is 13.2 Å². The van der Waals surface area contributed by atoms with E-state index in [9.17, 15) is 31.9 Å². The number of aromatic nitrogens is 3. The molecule has 1 amide bonds. The number of hydrogen-bond donors (Lipinski definition) is 1. The predicted molar refractivity (Wildman–Crippen MR) is 136 cm³/mol. The van der Waals surface area contributed by atoms with E-state index < -0.39 is 54.4 Å². The largest absolute Gasteiger partial charge is 0.433 e. The Balaban J connectivity index is 1.58. The van der Waals surface area contributed by atoms with Crippen LogP contribution in [0.5, 0.6) is 0 Å². The third-order valence-electron chi connectivity index (χ3n) is 7.03. The maximum Gasteiger partial charge on any atom is 0.433 e. The number of alkyl halides is 3. The summed E-state index contributed by atoms with van der Waals surface area (Å²) in [7, 11) is 0. The Morgan fingerprint density at radius 1 is 1.12 bits per heavy atom. The van der Waals surface area contributed by atoms with Crippen LogP contribution >= 0.6 is 0 Å². The lowest BCUT2D eigenvalue weighted by Crippen LogP contribution is -2.40. The lowest BCUT2D eigenvalue weighted by atomic mass is 9.82. The molecule has 1 N–H and O–H groups in total. The van der Waals surface area contributed by atoms with Gasteiger partial charge in [0, 0.05) is 53.4 Å². The molecule has 1 saturated heterocycles. The summed E-state index contributed by atoms with van der Waals surface area (Å²) in [6.45, 7) is 1.60. The molecule has 0 bridgehead atoms. The average Bonchev–Trinajstić information content (AvgIpc) is 2.93. The maximum atomic E-state index is 14.0. The summed E-state index contributed by atoms with van der Waals surface area (Å²) in [5.41, 5.74) is 6.03. The fraction of sp³-hybridized carbons (Fsp3) is 0.407. The van der Waals surface area contributed by atoms with Gasteiger partial charge in [0.25, 0.3) is 0 Å². The van der Waals surface area contributed by atoms with Gasteiger partial charge in [-0.05, 0) is 49.6 Å². The lowest BCUT2D eigenvalue weighted by Gasteiger charge is -2.35. The number of rotatable bonds is 8. The minimum atomic E-state index is -4.69. The van der Waals surface area contributed by atoms with Gasteiger partial charge in [-0.3, -0.25) is 4.79 Å². The maximum absolute atomic E-state index is 14.0. The van der Waals surface area contributed by atoms with Crippen LogP contribution in [-0.4, -0.2) is 50.5 Å². The Kier molecular flexibility index (Phi) is 8.83. The molecular weight excluding hydrogens is 549 g/mol. The van der Waals surface area contributed by atoms with Crippen molar-refractivity contribution in [3.8, 4) is 0 Å². The molecule has 0 spiro atoms. The van der Waals surface area contributed by atoms with Gasteiger partial charge >= 0.3 is 6.18 Å². The number of halogens is 5. The van der Waals surface area contributed by atoms with Crippen molar-refractivity contribution in [3.63, 3.8) is 0 Å². The van der Waals surface area contributed by atoms with Crippen molar-refractivity contribution < 1.29 is 31.9 Å². The first-order valence-electron chi connectivity index (χ1n) is 12.7. The summed E-state index contributed by atoms with van der Waals surface area (Å²) in [4.78, 5) is 29.3. The molecule has 1 aliphatic rings. The number of pyridine rings is 1. The van der Waals surface area contributed by atoms with Gasteiger partial charge in [-0.25, -0.2) is 23.7 Å². The van der Waals surface area contributed by atoms with Crippen LogP contribution in [0.4, 0.5) is 22.0 Å². The average molecular weight is 576 g/mol. The summed E-state index contributed by atoms with van der Waals surface area (Å²) in [5, 5.41) is 15.2. The van der Waals surface area contributed by atoms with Crippen LogP contribution in [0.1, 0.15) is 52.8 Å². The molecule has 1 fully saturated rings. The highest BCUT2D eigenvalue weighted by atomic mass is 19.4. The zero-order valence-electron chi connectivity index (χ0n) is 21.9. The highest BCUT2D eigenvalue weighted by Crippen LogP contribution is 2.36. The summed E-state index contributed by atoms with van der Waals surface area (Å²) >= 11 is 0. The summed E-state index contributed by atoms with van der Waals surface area (Å²) in [6.07, 6.45) is -3.42. The van der Waals surface area contributed by atoms with Gasteiger partial charge < -0.3 is 10.0 Å². The number of piperidine rings is 1. The van der Waals surface area contributed by atoms with Crippen LogP contribution in [-0.2, 0) is 29.4 Å². The minimum absolute atomic E-state index is 0.0808. The Bertz CT molecular complexity index is 1450. The van der Waals surface area contributed by atoms with E-state index in [-0.39, 0.29) is 35.8 Å². The molecule has 1 aliphatic heterocycles. The van der Waals surface area contributed by atoms with Gasteiger partial charge in [0.2, 0.25) is 5.91 Å². The summed E-state index contributed by atoms with van der Waals surface area (Å²) in [5.74, 6) is -1.97. The highest BCUT2D eigenvalue weighted by molar-refractivity contribution is 5.79. The molecule has 2 aromatic heterocycles. The number of aliphatic hydroxyl groups is 1. The number of azide groups is 1. The van der Waals surface area contributed by atoms with Gasteiger partial charge in [0.1, 0.15) is 28.8 Å². The van der Waals surface area contributed by atoms with Crippen molar-refractivity contribution in [1.82, 2.24) is 19.9 Å². The molecular formula is C27H26F5N7O2. The standard InChI is InChI=1S/C27H26F5N7O2/c1-16-34-14-20(26(41,15-35-38-33)13-18-4-2-7-23(37-18)27(30,31)32)25(36-16)17-8-10-39(11-9-17)24(40)12-19-21(28)5-3-6-22(19)29/h2-7,14,17,41H,8-13,15H2,1H3. The molecule has 9 nitrogen and oxygen atoms in total. The SMILES string of the molecule is Cc1ncc(C(O)(CN=[N+]=[N-])Cc2cccc(C(F)(F)F)n2)c(C2CCN(C(=O)Cc3c(F)cccc3F)CC2)n1. The molecule has 3 heterocycles. The van der Waals surface area contributed by atoms with Crippen molar-refractivity contribution >= 4 is 5.91 Å². The molecule has 14 heteroatoms. The number of carbonyl (C=O) groups excluding carboxylic acids is 1. The first kappa shape index (κ1) is 29.8.